The molecule has 2 nitrogen and oxygen atoms in total. The first kappa shape index (κ1) is 12.3. The van der Waals surface area contributed by atoms with Gasteiger partial charge in [0.1, 0.15) is 11.3 Å². The Morgan fingerprint density at radius 1 is 1.11 bits per heavy atom. The Kier molecular flexibility index (Phi) is 2.84. The monoisotopic (exact) mass is 266 g/mol. The molecule has 0 radical (unpaired) electrons. The molecular formula is C14H13F3N2. The lowest BCUT2D eigenvalue weighted by Gasteiger charge is -2.21. The van der Waals surface area contributed by atoms with Gasteiger partial charge >= 0.3 is 0 Å². The van der Waals surface area contributed by atoms with Gasteiger partial charge in [0.2, 0.25) is 0 Å². The number of fused-ring (bicyclic) bond motifs is 2. The lowest BCUT2D eigenvalue weighted by atomic mass is 9.92. The van der Waals surface area contributed by atoms with Gasteiger partial charge in [-0.15, -0.1) is 0 Å². The van der Waals surface area contributed by atoms with Crippen molar-refractivity contribution in [2.24, 2.45) is 0 Å². The standard InChI is InChI=1S/C14H13F3N2/c1-18-13-7-4-2-3-5-10(7)19-14-11(13)8(15)6-9(16)12(14)17/h6H,2-5H2,1H3,(H,18,19). The van der Waals surface area contributed by atoms with Crippen molar-refractivity contribution in [1.82, 2.24) is 4.98 Å². The second-order valence-electron chi connectivity index (χ2n) is 4.75. The van der Waals surface area contributed by atoms with Gasteiger partial charge in [0.25, 0.3) is 0 Å². The van der Waals surface area contributed by atoms with E-state index in [0.29, 0.717) is 11.8 Å². The molecule has 0 spiro atoms. The van der Waals surface area contributed by atoms with Crippen LogP contribution in [0.3, 0.4) is 0 Å². The largest absolute Gasteiger partial charge is 0.387 e. The molecule has 5 heteroatoms. The van der Waals surface area contributed by atoms with E-state index in [9.17, 15) is 13.2 Å². The highest BCUT2D eigenvalue weighted by molar-refractivity contribution is 5.94. The first-order valence-electron chi connectivity index (χ1n) is 6.30. The van der Waals surface area contributed by atoms with Crippen molar-refractivity contribution in [3.8, 4) is 0 Å². The second kappa shape index (κ2) is 4.40. The van der Waals surface area contributed by atoms with Gasteiger partial charge in [-0.25, -0.2) is 18.2 Å². The molecule has 0 saturated carbocycles. The third-order valence-electron chi connectivity index (χ3n) is 3.63. The summed E-state index contributed by atoms with van der Waals surface area (Å²) in [6.07, 6.45) is 3.47. The zero-order valence-electron chi connectivity index (χ0n) is 10.5. The van der Waals surface area contributed by atoms with E-state index in [1.807, 2.05) is 0 Å². The lowest BCUT2D eigenvalue weighted by molar-refractivity contribution is 0.503. The Bertz CT molecular complexity index is 668. The van der Waals surface area contributed by atoms with Crippen LogP contribution < -0.4 is 5.32 Å². The minimum Gasteiger partial charge on any atom is -0.387 e. The van der Waals surface area contributed by atoms with Gasteiger partial charge in [0, 0.05) is 18.8 Å². The Hall–Kier alpha value is -1.78. The van der Waals surface area contributed by atoms with E-state index in [0.717, 1.165) is 36.9 Å². The number of nitrogens with zero attached hydrogens (tertiary/aromatic N) is 1. The van der Waals surface area contributed by atoms with Crippen molar-refractivity contribution in [3.05, 3.63) is 34.8 Å². The molecular weight excluding hydrogens is 253 g/mol. The molecule has 2 aromatic rings. The number of pyridine rings is 1. The predicted molar refractivity (Wildman–Crippen MR) is 67.8 cm³/mol. The highest BCUT2D eigenvalue weighted by atomic mass is 19.2. The highest BCUT2D eigenvalue weighted by Crippen LogP contribution is 2.35. The van der Waals surface area contributed by atoms with Crippen molar-refractivity contribution in [3.63, 3.8) is 0 Å². The number of hydrogen-bond acceptors (Lipinski definition) is 2. The molecule has 1 N–H and O–H groups in total. The molecule has 0 aliphatic heterocycles. The topological polar surface area (TPSA) is 24.9 Å². The molecule has 0 amide bonds. The molecule has 0 saturated heterocycles. The van der Waals surface area contributed by atoms with E-state index in [4.69, 9.17) is 0 Å². The third kappa shape index (κ3) is 1.76. The minimum absolute atomic E-state index is 0.0436. The van der Waals surface area contributed by atoms with E-state index in [1.165, 1.54) is 0 Å². The molecule has 19 heavy (non-hydrogen) atoms. The first-order valence-corrected chi connectivity index (χ1v) is 6.30. The van der Waals surface area contributed by atoms with Crippen LogP contribution in [0.5, 0.6) is 0 Å². The van der Waals surface area contributed by atoms with Crippen molar-refractivity contribution >= 4 is 16.6 Å². The average molecular weight is 266 g/mol. The fourth-order valence-electron chi connectivity index (χ4n) is 2.77. The number of halogens is 3. The number of rotatable bonds is 1. The normalized spacial score (nSPS) is 14.5. The summed E-state index contributed by atoms with van der Waals surface area (Å²) in [5.74, 6) is -3.06. The number of aryl methyl sites for hydroxylation is 1. The van der Waals surface area contributed by atoms with Crippen LogP contribution in [0.15, 0.2) is 6.07 Å². The minimum atomic E-state index is -1.20. The van der Waals surface area contributed by atoms with Gasteiger partial charge in [-0.3, -0.25) is 0 Å². The molecule has 0 atom stereocenters. The van der Waals surface area contributed by atoms with Gasteiger partial charge < -0.3 is 5.32 Å². The Balaban J connectivity index is 2.46. The molecule has 0 bridgehead atoms. The van der Waals surface area contributed by atoms with Crippen LogP contribution in [-0.2, 0) is 12.8 Å². The summed E-state index contributed by atoms with van der Waals surface area (Å²) in [5, 5.41) is 2.96. The van der Waals surface area contributed by atoms with Crippen LogP contribution in [0.25, 0.3) is 10.9 Å². The second-order valence-corrected chi connectivity index (χ2v) is 4.75. The SMILES string of the molecule is CNc1c2c(nc3c(F)c(F)cc(F)c13)CCCC2. The fourth-order valence-corrected chi connectivity index (χ4v) is 2.77. The summed E-state index contributed by atoms with van der Waals surface area (Å²) >= 11 is 0. The summed E-state index contributed by atoms with van der Waals surface area (Å²) in [6, 6.07) is 0.579. The summed E-state index contributed by atoms with van der Waals surface area (Å²) in [7, 11) is 1.66. The molecule has 3 rings (SSSR count). The Morgan fingerprint density at radius 2 is 1.84 bits per heavy atom. The van der Waals surface area contributed by atoms with Crippen LogP contribution in [0, 0.1) is 17.5 Å². The zero-order chi connectivity index (χ0) is 13.6. The van der Waals surface area contributed by atoms with Crippen molar-refractivity contribution < 1.29 is 13.2 Å². The number of anilines is 1. The maximum absolute atomic E-state index is 14.0. The molecule has 1 aromatic carbocycles. The van der Waals surface area contributed by atoms with Crippen LogP contribution in [0.1, 0.15) is 24.1 Å². The van der Waals surface area contributed by atoms with Crippen molar-refractivity contribution in [2.75, 3.05) is 12.4 Å². The van der Waals surface area contributed by atoms with Crippen molar-refractivity contribution in [1.29, 1.82) is 0 Å². The van der Waals surface area contributed by atoms with Crippen LogP contribution in [0.2, 0.25) is 0 Å². The molecule has 0 unspecified atom stereocenters. The average Bonchev–Trinajstić information content (AvgIpc) is 2.42. The molecule has 1 heterocycles. The van der Waals surface area contributed by atoms with Gasteiger partial charge in [-0.2, -0.15) is 0 Å². The van der Waals surface area contributed by atoms with E-state index in [2.05, 4.69) is 10.3 Å². The predicted octanol–water partition coefficient (Wildman–Crippen LogP) is 3.57. The van der Waals surface area contributed by atoms with Crippen LogP contribution >= 0.6 is 0 Å². The maximum Gasteiger partial charge on any atom is 0.185 e. The summed E-state index contributed by atoms with van der Waals surface area (Å²) in [6.45, 7) is 0. The third-order valence-corrected chi connectivity index (χ3v) is 3.63. The summed E-state index contributed by atoms with van der Waals surface area (Å²) < 4.78 is 41.1. The number of aromatic nitrogens is 1. The van der Waals surface area contributed by atoms with Crippen LogP contribution in [-0.4, -0.2) is 12.0 Å². The summed E-state index contributed by atoms with van der Waals surface area (Å²) in [5.41, 5.74) is 1.98. The highest BCUT2D eigenvalue weighted by Gasteiger charge is 2.23. The fraction of sp³-hybridized carbons (Fsp3) is 0.357. The lowest BCUT2D eigenvalue weighted by Crippen LogP contribution is -2.11. The van der Waals surface area contributed by atoms with E-state index in [-0.39, 0.29) is 10.9 Å². The smallest absolute Gasteiger partial charge is 0.185 e. The Labute approximate surface area is 108 Å². The molecule has 1 aliphatic carbocycles. The van der Waals surface area contributed by atoms with E-state index >= 15 is 0 Å². The van der Waals surface area contributed by atoms with Crippen LogP contribution in [0.4, 0.5) is 18.9 Å². The number of hydrogen-bond donors (Lipinski definition) is 1. The molecule has 1 aliphatic rings. The molecule has 1 aromatic heterocycles. The molecule has 0 fully saturated rings. The summed E-state index contributed by atoms with van der Waals surface area (Å²) in [4.78, 5) is 4.15. The quantitative estimate of drug-likeness (QED) is 0.798. The van der Waals surface area contributed by atoms with Crippen molar-refractivity contribution in [2.45, 2.75) is 25.7 Å². The Morgan fingerprint density at radius 3 is 2.58 bits per heavy atom. The zero-order valence-corrected chi connectivity index (χ0v) is 10.5. The maximum atomic E-state index is 14.0. The van der Waals surface area contributed by atoms with Gasteiger partial charge in [0.15, 0.2) is 11.6 Å². The van der Waals surface area contributed by atoms with Gasteiger partial charge in [-0.1, -0.05) is 0 Å². The first-order chi connectivity index (χ1) is 9.13. The number of nitrogens with one attached hydrogen (secondary N) is 1. The van der Waals surface area contributed by atoms with Gasteiger partial charge in [0.05, 0.1) is 11.1 Å². The van der Waals surface area contributed by atoms with E-state index < -0.39 is 17.5 Å². The van der Waals surface area contributed by atoms with E-state index in [1.54, 1.807) is 7.05 Å². The van der Waals surface area contributed by atoms with Gasteiger partial charge in [-0.05, 0) is 31.2 Å². The molecule has 100 valence electrons. The number of benzene rings is 1.